The Hall–Kier alpha value is -2.72. The highest BCUT2D eigenvalue weighted by atomic mass is 79.9. The molecule has 2 aliphatic heterocycles. The minimum absolute atomic E-state index is 0.00234. The number of aliphatic hydroxyl groups is 1. The van der Waals surface area contributed by atoms with E-state index in [0.29, 0.717) is 22.6 Å². The van der Waals surface area contributed by atoms with Gasteiger partial charge in [0.1, 0.15) is 12.4 Å². The minimum atomic E-state index is -1.92. The number of halogens is 3. The number of amides is 4. The Bertz CT molecular complexity index is 1450. The van der Waals surface area contributed by atoms with Crippen LogP contribution in [0.2, 0.25) is 0 Å². The molecule has 0 aromatic heterocycles. The molecule has 11 heteroatoms. The molecule has 2 saturated heterocycles. The molecule has 8 nitrogen and oxygen atoms in total. The number of anilines is 1. The molecule has 0 spiro atoms. The molecule has 4 aliphatic rings. The number of nitrogens with zero attached hydrogens (tertiary/aromatic N) is 2. The second kappa shape index (κ2) is 9.98. The SMILES string of the molecule is O=C1[C@H]2[C@H](CC=C3[C@H]2C[C@@]2(Cl)C(=O)N(CBr)C(=O)[C@@]2(Cl)[C@H]3c2ccccc2OCCO)C(=O)N1c1ccccc1. The summed E-state index contributed by atoms with van der Waals surface area (Å²) in [5, 5.41) is 9.41. The monoisotopic (exact) mass is 646 g/mol. The number of benzene rings is 2. The highest BCUT2D eigenvalue weighted by Gasteiger charge is 2.76. The predicted octanol–water partition coefficient (Wildman–Crippen LogP) is 3.97. The molecule has 0 bridgehead atoms. The van der Waals surface area contributed by atoms with Crippen molar-refractivity contribution in [2.24, 2.45) is 17.8 Å². The van der Waals surface area contributed by atoms with E-state index in [4.69, 9.17) is 27.9 Å². The number of fused-ring (bicyclic) bond motifs is 4. The van der Waals surface area contributed by atoms with Crippen LogP contribution in [0.25, 0.3) is 0 Å². The van der Waals surface area contributed by atoms with E-state index in [1.165, 1.54) is 4.90 Å². The zero-order valence-corrected chi connectivity index (χ0v) is 24.2. The van der Waals surface area contributed by atoms with Crippen LogP contribution in [-0.2, 0) is 19.2 Å². The number of hydrogen-bond donors (Lipinski definition) is 1. The number of likely N-dealkylation sites (tertiary alicyclic amines) is 1. The second-order valence-corrected chi connectivity index (χ2v) is 12.2. The van der Waals surface area contributed by atoms with E-state index in [1.54, 1.807) is 54.6 Å². The number of rotatable bonds is 6. The first-order valence-corrected chi connectivity index (χ1v) is 14.8. The molecule has 4 amide bonds. The van der Waals surface area contributed by atoms with Gasteiger partial charge in [0.05, 0.1) is 29.6 Å². The fourth-order valence-electron chi connectivity index (χ4n) is 6.94. The zero-order valence-electron chi connectivity index (χ0n) is 21.1. The van der Waals surface area contributed by atoms with Crippen molar-refractivity contribution in [3.05, 3.63) is 71.8 Å². The first kappa shape index (κ1) is 27.4. The summed E-state index contributed by atoms with van der Waals surface area (Å²) in [6.07, 6.45) is 2.07. The van der Waals surface area contributed by atoms with Crippen LogP contribution in [0.3, 0.4) is 0 Å². The number of carbonyl (C=O) groups is 4. The highest BCUT2D eigenvalue weighted by molar-refractivity contribution is 9.09. The highest BCUT2D eigenvalue weighted by Crippen LogP contribution is 2.66. The largest absolute Gasteiger partial charge is 0.491 e. The van der Waals surface area contributed by atoms with Gasteiger partial charge in [-0.25, -0.2) is 0 Å². The van der Waals surface area contributed by atoms with Crippen molar-refractivity contribution in [3.8, 4) is 5.75 Å². The Kier molecular flexibility index (Phi) is 6.85. The van der Waals surface area contributed by atoms with Gasteiger partial charge in [0, 0.05) is 11.5 Å². The lowest BCUT2D eigenvalue weighted by molar-refractivity contribution is -0.138. The number of aliphatic hydroxyl groups excluding tert-OH is 1. The van der Waals surface area contributed by atoms with Crippen molar-refractivity contribution < 1.29 is 29.0 Å². The number of hydrogen-bond acceptors (Lipinski definition) is 6. The van der Waals surface area contributed by atoms with E-state index in [9.17, 15) is 24.3 Å². The average Bonchev–Trinajstić information content (AvgIpc) is 3.30. The van der Waals surface area contributed by atoms with Crippen LogP contribution in [0.5, 0.6) is 5.75 Å². The van der Waals surface area contributed by atoms with Gasteiger partial charge in [-0.2, -0.15) is 0 Å². The van der Waals surface area contributed by atoms with E-state index in [1.807, 2.05) is 6.08 Å². The lowest BCUT2D eigenvalue weighted by Gasteiger charge is -2.51. The summed E-state index contributed by atoms with van der Waals surface area (Å²) in [5.41, 5.74) is 1.58. The van der Waals surface area contributed by atoms with E-state index in [0.717, 1.165) is 4.90 Å². The molecule has 1 N–H and O–H groups in total. The third-order valence-corrected chi connectivity index (χ3v) is 10.5. The number of alkyl halides is 3. The Balaban J connectivity index is 1.53. The van der Waals surface area contributed by atoms with Crippen LogP contribution in [0.4, 0.5) is 5.69 Å². The second-order valence-electron chi connectivity index (χ2n) is 10.4. The van der Waals surface area contributed by atoms with Gasteiger partial charge in [0.15, 0.2) is 9.75 Å². The average molecular weight is 648 g/mol. The molecule has 2 aliphatic carbocycles. The van der Waals surface area contributed by atoms with Crippen LogP contribution >= 0.6 is 39.1 Å². The third-order valence-electron chi connectivity index (χ3n) is 8.61. The first-order valence-electron chi connectivity index (χ1n) is 13.0. The van der Waals surface area contributed by atoms with Crippen LogP contribution in [0.15, 0.2) is 66.2 Å². The molecule has 208 valence electrons. The van der Waals surface area contributed by atoms with Crippen molar-refractivity contribution in [1.29, 1.82) is 0 Å². The lowest BCUT2D eigenvalue weighted by atomic mass is 9.56. The summed E-state index contributed by atoms with van der Waals surface area (Å²) in [4.78, 5) is 53.6. The van der Waals surface area contributed by atoms with Crippen molar-refractivity contribution >= 4 is 68.4 Å². The third kappa shape index (κ3) is 3.60. The Morgan fingerprint density at radius 3 is 2.35 bits per heavy atom. The van der Waals surface area contributed by atoms with Crippen LogP contribution in [0.1, 0.15) is 24.3 Å². The number of para-hydroxylation sites is 2. The Morgan fingerprint density at radius 2 is 1.65 bits per heavy atom. The Morgan fingerprint density at radius 1 is 0.950 bits per heavy atom. The fourth-order valence-corrected chi connectivity index (χ4v) is 8.35. The maximum Gasteiger partial charge on any atom is 0.254 e. The molecule has 6 atom stereocenters. The quantitative estimate of drug-likeness (QED) is 0.220. The van der Waals surface area contributed by atoms with Gasteiger partial charge in [-0.15, -0.1) is 23.2 Å². The molecule has 40 heavy (non-hydrogen) atoms. The molecular weight excluding hydrogens is 623 g/mol. The van der Waals surface area contributed by atoms with Crippen molar-refractivity contribution in [2.45, 2.75) is 28.5 Å². The van der Waals surface area contributed by atoms with Crippen molar-refractivity contribution in [3.63, 3.8) is 0 Å². The summed E-state index contributed by atoms with van der Waals surface area (Å²) in [7, 11) is 0. The minimum Gasteiger partial charge on any atom is -0.491 e. The van der Waals surface area contributed by atoms with E-state index in [2.05, 4.69) is 15.9 Å². The molecule has 2 aromatic carbocycles. The Labute approximate surface area is 249 Å². The van der Waals surface area contributed by atoms with Gasteiger partial charge < -0.3 is 9.84 Å². The summed E-state index contributed by atoms with van der Waals surface area (Å²) in [6.45, 7) is -0.238. The standard InChI is InChI=1S/C29H25BrCl2N2O6/c30-15-33-26(38)28(31)14-20-17(10-11-19-22(20)25(37)34(24(19)36)16-6-2-1-3-7-16)23(29(28,32)27(33)39)18-8-4-5-9-21(18)40-13-12-35/h1-10,19-20,22-23,35H,11-15H2/t19-,20+,22-,23+,28+,29-/m0/s1. The molecule has 2 aromatic rings. The molecule has 0 radical (unpaired) electrons. The van der Waals surface area contributed by atoms with Gasteiger partial charge in [-0.3, -0.25) is 29.0 Å². The normalized spacial score (nSPS) is 33.0. The maximum atomic E-state index is 14.0. The van der Waals surface area contributed by atoms with Gasteiger partial charge >= 0.3 is 0 Å². The molecule has 1 saturated carbocycles. The van der Waals surface area contributed by atoms with Gasteiger partial charge in [-0.05, 0) is 37.0 Å². The molecule has 2 heterocycles. The maximum absolute atomic E-state index is 14.0. The van der Waals surface area contributed by atoms with Crippen LogP contribution in [0, 0.1) is 17.8 Å². The molecule has 6 rings (SSSR count). The molecular formula is C29H25BrCl2N2O6. The molecule has 3 fully saturated rings. The molecule has 0 unspecified atom stereocenters. The number of imide groups is 2. The van der Waals surface area contributed by atoms with Crippen molar-refractivity contribution in [1.82, 2.24) is 4.90 Å². The first-order chi connectivity index (χ1) is 19.2. The topological polar surface area (TPSA) is 104 Å². The van der Waals surface area contributed by atoms with Gasteiger partial charge in [-0.1, -0.05) is 64.0 Å². The van der Waals surface area contributed by atoms with Crippen molar-refractivity contribution in [2.75, 3.05) is 23.6 Å². The van der Waals surface area contributed by atoms with Gasteiger partial charge in [0.25, 0.3) is 11.8 Å². The lowest BCUT2D eigenvalue weighted by Crippen LogP contribution is -2.60. The van der Waals surface area contributed by atoms with Crippen LogP contribution in [-0.4, -0.2) is 62.1 Å². The summed E-state index contributed by atoms with van der Waals surface area (Å²) >= 11 is 17.7. The predicted molar refractivity (Wildman–Crippen MR) is 151 cm³/mol. The van der Waals surface area contributed by atoms with E-state index in [-0.39, 0.29) is 43.3 Å². The number of allylic oxidation sites excluding steroid dienone is 2. The zero-order chi connectivity index (χ0) is 28.4. The number of ether oxygens (including phenoxy) is 1. The summed E-state index contributed by atoms with van der Waals surface area (Å²) in [6, 6.07) is 15.7. The summed E-state index contributed by atoms with van der Waals surface area (Å²) in [5.74, 6) is -4.56. The van der Waals surface area contributed by atoms with E-state index < -0.39 is 45.2 Å². The van der Waals surface area contributed by atoms with Crippen LogP contribution < -0.4 is 9.64 Å². The van der Waals surface area contributed by atoms with Gasteiger partial charge in [0.2, 0.25) is 11.8 Å². The fraction of sp³-hybridized carbons (Fsp3) is 0.379. The van der Waals surface area contributed by atoms with E-state index >= 15 is 0 Å². The number of carbonyl (C=O) groups excluding carboxylic acids is 4. The smallest absolute Gasteiger partial charge is 0.254 e. The summed E-state index contributed by atoms with van der Waals surface area (Å²) < 4.78 is 5.83.